The summed E-state index contributed by atoms with van der Waals surface area (Å²) in [6.07, 6.45) is 6.59. The molecule has 0 unspecified atom stereocenters. The highest BCUT2D eigenvalue weighted by Crippen LogP contribution is 2.50. The Morgan fingerprint density at radius 3 is 2.79 bits per heavy atom. The number of piperidine rings is 1. The molecule has 4 aromatic rings. The van der Waals surface area contributed by atoms with Gasteiger partial charge in [-0.25, -0.2) is 15.0 Å². The van der Waals surface area contributed by atoms with E-state index >= 15 is 0 Å². The van der Waals surface area contributed by atoms with E-state index in [4.69, 9.17) is 27.3 Å². The SMILES string of the molecule is CNc1nccc(Sc2cnc3nc(N4CCC5(CC4)Cc4ccccc4[C@H]5N)[nH]c3n2)c1Cl. The van der Waals surface area contributed by atoms with Gasteiger partial charge in [-0.1, -0.05) is 47.6 Å². The fourth-order valence-corrected chi connectivity index (χ4v) is 6.33. The average Bonchev–Trinajstić information content (AvgIpc) is 3.40. The van der Waals surface area contributed by atoms with Crippen molar-refractivity contribution in [3.63, 3.8) is 0 Å². The fraction of sp³-hybridized carbons (Fsp3) is 0.333. The Bertz CT molecular complexity index is 1360. The zero-order chi connectivity index (χ0) is 23.3. The van der Waals surface area contributed by atoms with Gasteiger partial charge < -0.3 is 20.9 Å². The van der Waals surface area contributed by atoms with E-state index in [1.165, 1.54) is 22.9 Å². The molecule has 2 aliphatic rings. The number of aromatic amines is 1. The van der Waals surface area contributed by atoms with Gasteiger partial charge in [-0.3, -0.25) is 0 Å². The molecule has 4 heterocycles. The number of rotatable bonds is 4. The van der Waals surface area contributed by atoms with Crippen molar-refractivity contribution < 1.29 is 0 Å². The number of imidazole rings is 1. The lowest BCUT2D eigenvalue weighted by atomic mass is 9.73. The Balaban J connectivity index is 1.19. The molecule has 1 aliphatic carbocycles. The molecule has 0 bridgehead atoms. The molecule has 1 atom stereocenters. The molecule has 1 aliphatic heterocycles. The second kappa shape index (κ2) is 8.41. The summed E-state index contributed by atoms with van der Waals surface area (Å²) in [5.41, 5.74) is 10.9. The highest BCUT2D eigenvalue weighted by Gasteiger charge is 2.46. The van der Waals surface area contributed by atoms with Crippen molar-refractivity contribution in [2.75, 3.05) is 30.4 Å². The molecule has 4 N–H and O–H groups in total. The van der Waals surface area contributed by atoms with E-state index in [2.05, 4.69) is 49.4 Å². The first-order chi connectivity index (χ1) is 16.6. The topological polar surface area (TPSA) is 109 Å². The van der Waals surface area contributed by atoms with Gasteiger partial charge in [0.1, 0.15) is 10.8 Å². The monoisotopic (exact) mass is 492 g/mol. The number of nitrogens with zero attached hydrogens (tertiary/aromatic N) is 5. The van der Waals surface area contributed by atoms with E-state index in [0.717, 1.165) is 48.2 Å². The summed E-state index contributed by atoms with van der Waals surface area (Å²) >= 11 is 7.89. The standard InChI is InChI=1S/C24H25ClN8S/c1-27-20-18(25)16(6-9-28-20)34-17-13-29-21-22(30-17)32-23(31-21)33-10-7-24(8-11-33)12-14-4-2-3-5-15(14)19(24)26/h2-6,9,13,19H,7-8,10-12,26H2,1H3,(H,27,28)(H,29,30,31,32)/t19-/m1/s1. The maximum absolute atomic E-state index is 6.73. The van der Waals surface area contributed by atoms with E-state index in [0.29, 0.717) is 22.1 Å². The van der Waals surface area contributed by atoms with Gasteiger partial charge in [0.25, 0.3) is 0 Å². The van der Waals surface area contributed by atoms with E-state index < -0.39 is 0 Å². The lowest BCUT2D eigenvalue weighted by Crippen LogP contribution is -2.44. The molecule has 174 valence electrons. The molecule has 0 radical (unpaired) electrons. The van der Waals surface area contributed by atoms with Crippen LogP contribution in [0, 0.1) is 5.41 Å². The van der Waals surface area contributed by atoms with Crippen molar-refractivity contribution in [3.05, 3.63) is 58.9 Å². The zero-order valence-electron chi connectivity index (χ0n) is 18.8. The Morgan fingerprint density at radius 1 is 1.18 bits per heavy atom. The summed E-state index contributed by atoms with van der Waals surface area (Å²) in [5, 5.41) is 4.30. The van der Waals surface area contributed by atoms with E-state index in [-0.39, 0.29) is 11.5 Å². The number of aromatic nitrogens is 5. The number of halogens is 1. The molecule has 1 fully saturated rings. The van der Waals surface area contributed by atoms with E-state index in [1.807, 2.05) is 6.07 Å². The lowest BCUT2D eigenvalue weighted by Gasteiger charge is -2.42. The number of pyridine rings is 1. The van der Waals surface area contributed by atoms with Crippen molar-refractivity contribution >= 4 is 46.4 Å². The van der Waals surface area contributed by atoms with Crippen LogP contribution >= 0.6 is 23.4 Å². The summed E-state index contributed by atoms with van der Waals surface area (Å²) in [6, 6.07) is 10.6. The number of nitrogens with one attached hydrogen (secondary N) is 2. The highest BCUT2D eigenvalue weighted by molar-refractivity contribution is 7.99. The quantitative estimate of drug-likeness (QED) is 0.383. The third kappa shape index (κ3) is 3.59. The molecule has 0 amide bonds. The minimum atomic E-state index is 0.105. The van der Waals surface area contributed by atoms with Crippen LogP contribution in [-0.2, 0) is 6.42 Å². The van der Waals surface area contributed by atoms with Crippen molar-refractivity contribution in [2.45, 2.75) is 35.2 Å². The molecule has 6 rings (SSSR count). The van der Waals surface area contributed by atoms with Crippen molar-refractivity contribution in [1.82, 2.24) is 24.9 Å². The lowest BCUT2D eigenvalue weighted by molar-refractivity contribution is 0.187. The first-order valence-corrected chi connectivity index (χ1v) is 12.6. The van der Waals surface area contributed by atoms with Gasteiger partial charge in [0.15, 0.2) is 11.3 Å². The van der Waals surface area contributed by atoms with Crippen LogP contribution in [0.1, 0.15) is 30.0 Å². The molecule has 1 aromatic carbocycles. The van der Waals surface area contributed by atoms with E-state index in [1.54, 1.807) is 19.4 Å². The first kappa shape index (κ1) is 21.6. The van der Waals surface area contributed by atoms with Crippen LogP contribution in [0.3, 0.4) is 0 Å². The summed E-state index contributed by atoms with van der Waals surface area (Å²) < 4.78 is 0. The Morgan fingerprint density at radius 2 is 2.00 bits per heavy atom. The minimum Gasteiger partial charge on any atom is -0.372 e. The highest BCUT2D eigenvalue weighted by atomic mass is 35.5. The van der Waals surface area contributed by atoms with Crippen molar-refractivity contribution in [2.24, 2.45) is 11.1 Å². The van der Waals surface area contributed by atoms with Gasteiger partial charge in [-0.05, 0) is 41.9 Å². The number of hydrogen-bond acceptors (Lipinski definition) is 8. The fourth-order valence-electron chi connectivity index (χ4n) is 5.23. The first-order valence-electron chi connectivity index (χ1n) is 11.4. The summed E-state index contributed by atoms with van der Waals surface area (Å²) in [6.45, 7) is 1.81. The van der Waals surface area contributed by atoms with Gasteiger partial charge in [0.05, 0.1) is 11.2 Å². The number of nitrogens with two attached hydrogens (primary N) is 1. The average molecular weight is 493 g/mol. The number of H-pyrrole nitrogens is 1. The smallest absolute Gasteiger partial charge is 0.206 e. The molecule has 0 saturated carbocycles. The maximum atomic E-state index is 6.73. The van der Waals surface area contributed by atoms with Gasteiger partial charge >= 0.3 is 0 Å². The maximum Gasteiger partial charge on any atom is 0.206 e. The number of benzene rings is 1. The molecule has 1 spiro atoms. The van der Waals surface area contributed by atoms with Crippen molar-refractivity contribution in [3.8, 4) is 0 Å². The number of hydrogen-bond donors (Lipinski definition) is 3. The van der Waals surface area contributed by atoms with Gasteiger partial charge in [0, 0.05) is 37.3 Å². The van der Waals surface area contributed by atoms with Crippen LogP contribution in [0.2, 0.25) is 5.02 Å². The largest absolute Gasteiger partial charge is 0.372 e. The molecule has 34 heavy (non-hydrogen) atoms. The Kier molecular flexibility index (Phi) is 5.35. The Hall–Kier alpha value is -2.88. The number of anilines is 2. The predicted octanol–water partition coefficient (Wildman–Crippen LogP) is 4.44. The van der Waals surface area contributed by atoms with Crippen LogP contribution in [0.5, 0.6) is 0 Å². The Labute approximate surface area is 206 Å². The molecule has 3 aromatic heterocycles. The summed E-state index contributed by atoms with van der Waals surface area (Å²) in [7, 11) is 1.79. The molecule has 10 heteroatoms. The second-order valence-electron chi connectivity index (χ2n) is 8.97. The van der Waals surface area contributed by atoms with Crippen LogP contribution < -0.4 is 16.0 Å². The molecule has 1 saturated heterocycles. The van der Waals surface area contributed by atoms with Crippen LogP contribution in [0.15, 0.2) is 52.6 Å². The van der Waals surface area contributed by atoms with E-state index in [9.17, 15) is 0 Å². The zero-order valence-corrected chi connectivity index (χ0v) is 20.3. The third-order valence-corrected chi connectivity index (χ3v) is 8.59. The van der Waals surface area contributed by atoms with Gasteiger partial charge in [-0.15, -0.1) is 0 Å². The molecular formula is C24H25ClN8S. The summed E-state index contributed by atoms with van der Waals surface area (Å²) in [5.74, 6) is 1.45. The summed E-state index contributed by atoms with van der Waals surface area (Å²) in [4.78, 5) is 24.7. The number of fused-ring (bicyclic) bond motifs is 2. The van der Waals surface area contributed by atoms with Crippen molar-refractivity contribution in [1.29, 1.82) is 0 Å². The predicted molar refractivity (Wildman–Crippen MR) is 136 cm³/mol. The van der Waals surface area contributed by atoms with Crippen LogP contribution in [0.4, 0.5) is 11.8 Å². The second-order valence-corrected chi connectivity index (χ2v) is 10.4. The van der Waals surface area contributed by atoms with Gasteiger partial charge in [0.2, 0.25) is 5.95 Å². The van der Waals surface area contributed by atoms with Crippen LogP contribution in [0.25, 0.3) is 11.3 Å². The van der Waals surface area contributed by atoms with Gasteiger partial charge in [-0.2, -0.15) is 4.98 Å². The van der Waals surface area contributed by atoms with Crippen LogP contribution in [-0.4, -0.2) is 45.1 Å². The molecular weight excluding hydrogens is 468 g/mol. The third-order valence-electron chi connectivity index (χ3n) is 7.13. The minimum absolute atomic E-state index is 0.105. The normalized spacial score (nSPS) is 19.0. The molecule has 8 nitrogen and oxygen atoms in total.